The van der Waals surface area contributed by atoms with Crippen LogP contribution in [0.2, 0.25) is 5.02 Å². The molecule has 4 rings (SSSR count). The smallest absolute Gasteiger partial charge is 0.266 e. The molecule has 1 N–H and O–H groups in total. The van der Waals surface area contributed by atoms with E-state index in [-0.39, 0.29) is 19.0 Å². The van der Waals surface area contributed by atoms with Crippen molar-refractivity contribution in [3.05, 3.63) is 81.9 Å². The third-order valence-electron chi connectivity index (χ3n) is 5.14. The Morgan fingerprint density at radius 2 is 1.89 bits per heavy atom. The minimum Gasteiger partial charge on any atom is -0.490 e. The van der Waals surface area contributed by atoms with Crippen molar-refractivity contribution in [1.82, 2.24) is 0 Å². The second kappa shape index (κ2) is 10.9. The van der Waals surface area contributed by atoms with Crippen LogP contribution in [0.3, 0.4) is 0 Å². The van der Waals surface area contributed by atoms with Crippen LogP contribution in [0.15, 0.2) is 60.2 Å². The van der Waals surface area contributed by atoms with E-state index in [9.17, 15) is 10.1 Å². The number of rotatable bonds is 8. The van der Waals surface area contributed by atoms with Crippen molar-refractivity contribution < 1.29 is 23.7 Å². The molecule has 1 amide bonds. The molecule has 1 aliphatic rings. The zero-order valence-electron chi connectivity index (χ0n) is 19.3. The normalized spacial score (nSPS) is 12.1. The highest BCUT2D eigenvalue weighted by atomic mass is 35.5. The third kappa shape index (κ3) is 5.86. The topological polar surface area (TPSA) is 89.8 Å². The number of hydrogen-bond donors (Lipinski definition) is 1. The molecule has 0 unspecified atom stereocenters. The molecule has 0 radical (unpaired) electrons. The summed E-state index contributed by atoms with van der Waals surface area (Å²) >= 11 is 6.52. The number of ether oxygens (including phenoxy) is 4. The van der Waals surface area contributed by atoms with Crippen molar-refractivity contribution in [3.8, 4) is 29.1 Å². The number of hydrogen-bond acceptors (Lipinski definition) is 6. The summed E-state index contributed by atoms with van der Waals surface area (Å²) in [4.78, 5) is 12.6. The van der Waals surface area contributed by atoms with Crippen LogP contribution in [0, 0.1) is 18.3 Å². The summed E-state index contributed by atoms with van der Waals surface area (Å²) in [5, 5.41) is 12.6. The molecule has 35 heavy (non-hydrogen) atoms. The van der Waals surface area contributed by atoms with Crippen LogP contribution >= 0.6 is 11.6 Å². The highest BCUT2D eigenvalue weighted by Crippen LogP contribution is 2.39. The van der Waals surface area contributed by atoms with E-state index in [1.54, 1.807) is 24.3 Å². The molecule has 8 heteroatoms. The van der Waals surface area contributed by atoms with Gasteiger partial charge in [0.2, 0.25) is 6.79 Å². The second-order valence-corrected chi connectivity index (χ2v) is 8.14. The summed E-state index contributed by atoms with van der Waals surface area (Å²) in [7, 11) is 0. The van der Waals surface area contributed by atoms with Crippen molar-refractivity contribution in [2.45, 2.75) is 20.5 Å². The zero-order valence-corrected chi connectivity index (χ0v) is 20.0. The number of anilines is 1. The quantitative estimate of drug-likeness (QED) is 0.312. The molecule has 0 saturated heterocycles. The third-order valence-corrected chi connectivity index (χ3v) is 5.42. The molecule has 0 saturated carbocycles. The fourth-order valence-corrected chi connectivity index (χ4v) is 3.68. The molecule has 3 aromatic carbocycles. The van der Waals surface area contributed by atoms with E-state index < -0.39 is 5.91 Å². The molecule has 1 heterocycles. The van der Waals surface area contributed by atoms with Gasteiger partial charge in [0.15, 0.2) is 23.0 Å². The Bertz CT molecular complexity index is 1310. The van der Waals surface area contributed by atoms with Crippen LogP contribution < -0.4 is 24.3 Å². The van der Waals surface area contributed by atoms with Crippen LogP contribution in [0.5, 0.6) is 23.0 Å². The summed E-state index contributed by atoms with van der Waals surface area (Å²) in [6.45, 7) is 4.60. The SMILES string of the molecule is CCOc1cc(/C=C(/C#N)C(=O)Nc2ccc(C)cc2)cc(Cl)c1OCc1ccc2c(c1)OCO2. The first-order chi connectivity index (χ1) is 17.0. The van der Waals surface area contributed by atoms with E-state index in [1.165, 1.54) is 6.08 Å². The average Bonchev–Trinajstić information content (AvgIpc) is 3.31. The summed E-state index contributed by atoms with van der Waals surface area (Å²) in [5.41, 5.74) is 3.00. The fraction of sp³-hybridized carbons (Fsp3) is 0.185. The number of aryl methyl sites for hydroxylation is 1. The number of nitriles is 1. The Labute approximate surface area is 208 Å². The lowest BCUT2D eigenvalue weighted by atomic mass is 10.1. The van der Waals surface area contributed by atoms with Crippen LogP contribution in [-0.4, -0.2) is 19.3 Å². The Balaban J connectivity index is 1.54. The van der Waals surface area contributed by atoms with Crippen molar-refractivity contribution in [2.75, 3.05) is 18.7 Å². The van der Waals surface area contributed by atoms with Gasteiger partial charge in [-0.1, -0.05) is 35.4 Å². The van der Waals surface area contributed by atoms with Gasteiger partial charge in [-0.15, -0.1) is 0 Å². The first kappa shape index (κ1) is 24.0. The molecular weight excluding hydrogens is 468 g/mol. The number of halogens is 1. The van der Waals surface area contributed by atoms with Gasteiger partial charge in [-0.2, -0.15) is 5.26 Å². The predicted octanol–water partition coefficient (Wildman–Crippen LogP) is 5.90. The minimum atomic E-state index is -0.520. The van der Waals surface area contributed by atoms with Gasteiger partial charge >= 0.3 is 0 Å². The molecule has 0 aromatic heterocycles. The maximum atomic E-state index is 12.6. The molecule has 7 nitrogen and oxygen atoms in total. The molecule has 0 aliphatic carbocycles. The van der Waals surface area contributed by atoms with E-state index in [0.29, 0.717) is 45.9 Å². The van der Waals surface area contributed by atoms with Gasteiger partial charge in [0.25, 0.3) is 5.91 Å². The maximum absolute atomic E-state index is 12.6. The van der Waals surface area contributed by atoms with Crippen LogP contribution in [0.4, 0.5) is 5.69 Å². The van der Waals surface area contributed by atoms with E-state index in [1.807, 2.05) is 50.2 Å². The summed E-state index contributed by atoms with van der Waals surface area (Å²) in [6.07, 6.45) is 1.46. The summed E-state index contributed by atoms with van der Waals surface area (Å²) in [5.74, 6) is 1.61. The summed E-state index contributed by atoms with van der Waals surface area (Å²) < 4.78 is 22.4. The van der Waals surface area contributed by atoms with Gasteiger partial charge in [0, 0.05) is 5.69 Å². The number of fused-ring (bicyclic) bond motifs is 1. The minimum absolute atomic E-state index is 0.0712. The Kier molecular flexibility index (Phi) is 7.44. The number of nitrogens with zero attached hydrogens (tertiary/aromatic N) is 1. The Morgan fingerprint density at radius 3 is 2.63 bits per heavy atom. The van der Waals surface area contributed by atoms with Gasteiger partial charge in [-0.3, -0.25) is 4.79 Å². The largest absolute Gasteiger partial charge is 0.490 e. The average molecular weight is 491 g/mol. The molecule has 0 spiro atoms. The van der Waals surface area contributed by atoms with Crippen molar-refractivity contribution >= 4 is 29.3 Å². The van der Waals surface area contributed by atoms with Gasteiger partial charge in [0.1, 0.15) is 18.2 Å². The number of carbonyl (C=O) groups excluding carboxylic acids is 1. The first-order valence-electron chi connectivity index (χ1n) is 10.9. The van der Waals surface area contributed by atoms with E-state index in [4.69, 9.17) is 30.5 Å². The number of benzene rings is 3. The molecule has 0 bridgehead atoms. The summed E-state index contributed by atoms with van der Waals surface area (Å²) in [6, 6.07) is 18.1. The van der Waals surface area contributed by atoms with Crippen molar-refractivity contribution in [2.24, 2.45) is 0 Å². The Morgan fingerprint density at radius 1 is 1.11 bits per heavy atom. The lowest BCUT2D eigenvalue weighted by Gasteiger charge is -2.15. The molecule has 178 valence electrons. The molecular formula is C27H23ClN2O5. The van der Waals surface area contributed by atoms with Crippen LogP contribution in [0.25, 0.3) is 6.08 Å². The monoisotopic (exact) mass is 490 g/mol. The van der Waals surface area contributed by atoms with Crippen molar-refractivity contribution in [1.29, 1.82) is 5.26 Å². The lowest BCUT2D eigenvalue weighted by Crippen LogP contribution is -2.13. The maximum Gasteiger partial charge on any atom is 0.266 e. The number of carbonyl (C=O) groups is 1. The molecule has 1 aliphatic heterocycles. The highest BCUT2D eigenvalue weighted by Gasteiger charge is 2.17. The van der Waals surface area contributed by atoms with Crippen molar-refractivity contribution in [3.63, 3.8) is 0 Å². The molecule has 3 aromatic rings. The zero-order chi connectivity index (χ0) is 24.8. The molecule has 0 atom stereocenters. The lowest BCUT2D eigenvalue weighted by molar-refractivity contribution is -0.112. The number of nitrogens with one attached hydrogen (secondary N) is 1. The van der Waals surface area contributed by atoms with Gasteiger partial charge in [-0.25, -0.2) is 0 Å². The standard InChI is InChI=1S/C27H23ClN2O5/c1-3-32-25-13-19(10-20(14-29)27(31)30-21-7-4-17(2)5-8-21)11-22(28)26(25)33-15-18-6-9-23-24(12-18)35-16-34-23/h4-13H,3,15-16H2,1-2H3,(H,30,31)/b20-10-. The van der Waals surface area contributed by atoms with E-state index in [0.717, 1.165) is 11.1 Å². The van der Waals surface area contributed by atoms with E-state index in [2.05, 4.69) is 5.32 Å². The van der Waals surface area contributed by atoms with Gasteiger partial charge < -0.3 is 24.3 Å². The Hall–Kier alpha value is -4.15. The number of amides is 1. The van der Waals surface area contributed by atoms with Crippen LogP contribution in [0.1, 0.15) is 23.6 Å². The van der Waals surface area contributed by atoms with E-state index >= 15 is 0 Å². The van der Waals surface area contributed by atoms with Gasteiger partial charge in [-0.05, 0) is 67.4 Å². The highest BCUT2D eigenvalue weighted by molar-refractivity contribution is 6.32. The fourth-order valence-electron chi connectivity index (χ4n) is 3.41. The molecule has 0 fully saturated rings. The second-order valence-electron chi connectivity index (χ2n) is 7.73. The van der Waals surface area contributed by atoms with Gasteiger partial charge in [0.05, 0.1) is 11.6 Å². The predicted molar refractivity (Wildman–Crippen MR) is 133 cm³/mol. The van der Waals surface area contributed by atoms with Crippen LogP contribution in [-0.2, 0) is 11.4 Å². The first-order valence-corrected chi connectivity index (χ1v) is 11.3.